The predicted molar refractivity (Wildman–Crippen MR) is 512 cm³/mol. The smallest absolute Gasteiger partial charge is 0.346 e. The molecule has 0 aliphatic heterocycles. The molecule has 4 aromatic heterocycles. The summed E-state index contributed by atoms with van der Waals surface area (Å²) in [5, 5.41) is 42.7. The molecule has 4 heterocycles. The maximum Gasteiger partial charge on any atom is 0.346 e. The monoisotopic (exact) mass is 1750 g/mol. The molecule has 0 atom stereocenters. The molecule has 0 aliphatic carbocycles. The van der Waals surface area contributed by atoms with E-state index in [0.717, 1.165) is 165 Å². The largest absolute Gasteiger partial charge is 0.493 e. The van der Waals surface area contributed by atoms with Gasteiger partial charge in [-0.2, -0.15) is 0 Å². The van der Waals surface area contributed by atoms with Gasteiger partial charge < -0.3 is 38.8 Å². The van der Waals surface area contributed by atoms with Crippen LogP contribution in [0.4, 0.5) is 0 Å². The zero-order chi connectivity index (χ0) is 87.1. The number of aromatic carboxylic acids is 3. The SMILES string of the molecule is CC(C)(C)S(=O)(=O)NC(=O)c1cc2ccccc2n1CCCOc1cccc2ccccc12.Cc1ccccc1-c1cccc2c(CCCOc3cccc4ccccc34)c(C(=O)O)sc12.O=C(O)c1sc2c(-c3ccccc3)cccc2c1CCCOc1cccc2ccccc12.O=C(O)c1sc2cc(Cl)ccc2c1CCCOc1cccc2ccccc12. The number of hydrogen-bond acceptors (Lipinski definition) is 13. The van der Waals surface area contributed by atoms with Crippen LogP contribution in [0.3, 0.4) is 0 Å². The van der Waals surface area contributed by atoms with Crippen molar-refractivity contribution < 1.29 is 61.9 Å². The highest BCUT2D eigenvalue weighted by atomic mass is 35.5. The average molecular weight is 1750 g/mol. The van der Waals surface area contributed by atoms with Crippen LogP contribution in [0.5, 0.6) is 23.0 Å². The van der Waals surface area contributed by atoms with Gasteiger partial charge in [-0.05, 0) is 203 Å². The number of para-hydroxylation sites is 1. The second kappa shape index (κ2) is 39.6. The number of carbonyl (C=O) groups is 4. The van der Waals surface area contributed by atoms with Gasteiger partial charge in [-0.3, -0.25) is 4.79 Å². The van der Waals surface area contributed by atoms with Gasteiger partial charge >= 0.3 is 17.9 Å². The van der Waals surface area contributed by atoms with E-state index in [1.54, 1.807) is 32.9 Å². The first-order chi connectivity index (χ1) is 60.7. The molecule has 630 valence electrons. The number of carboxylic acids is 3. The van der Waals surface area contributed by atoms with Gasteiger partial charge in [-0.1, -0.05) is 272 Å². The first-order valence-corrected chi connectivity index (χ1v) is 45.7. The number of thiophene rings is 3. The maximum atomic E-state index is 13.0. The minimum atomic E-state index is -3.82. The molecular weight excluding hydrogens is 1660 g/mol. The quantitative estimate of drug-likeness (QED) is 0.0353. The maximum absolute atomic E-state index is 13.0. The molecule has 18 aromatic rings. The standard InChI is InChI=1S/C29H24O3S.C28H22O3S.C26H28N2O4S.C22H17ClO3S/c1-19-9-2-4-12-21(19)23-14-7-15-24-25(28(29(30)31)33-27(23)24)16-8-18-32-26-17-6-11-20-10-3-5-13-22(20)26;29-28(30)27-24(16-8-18-31-25-17-6-12-19-11-4-5-13-21(19)25)23-15-7-14-22(26(23)32-27)20-9-2-1-3-10-20;1-26(2,3)33(30,31)27-25(29)23-18-20-11-5-7-14-22(20)28(23)16-9-17-32-24-15-8-12-19-10-4-6-13-21(19)24;23-15-10-11-17-18(21(22(24)25)27-20(17)13-15)8-4-12-26-19-9-3-6-14-5-1-2-7-16(14)19/h2-7,9-15,17H,8,16,18H2,1H3,(H,30,31);1-7,9-15,17H,8,16,18H2,(H,29,30);4-8,10-15,18H,9,16-17H2,1-3H3,(H,27,29);1-3,5-7,9-11,13H,4,8,12H2,(H,24,25). The highest BCUT2D eigenvalue weighted by molar-refractivity contribution is 7.91. The lowest BCUT2D eigenvalue weighted by Gasteiger charge is -2.20. The van der Waals surface area contributed by atoms with Gasteiger partial charge in [0.25, 0.3) is 5.91 Å². The van der Waals surface area contributed by atoms with Gasteiger partial charge in [0.1, 0.15) is 43.3 Å². The summed E-state index contributed by atoms with van der Waals surface area (Å²) in [5.74, 6) is 0.153. The number of sulfonamides is 1. The van der Waals surface area contributed by atoms with Crippen molar-refractivity contribution in [2.45, 2.75) is 83.9 Å². The van der Waals surface area contributed by atoms with Crippen molar-refractivity contribution in [2.75, 3.05) is 26.4 Å². The van der Waals surface area contributed by atoms with E-state index in [-0.39, 0.29) is 0 Å². The van der Waals surface area contributed by atoms with Gasteiger partial charge in [-0.25, -0.2) is 27.5 Å². The van der Waals surface area contributed by atoms with Crippen LogP contribution in [0, 0.1) is 6.92 Å². The molecule has 0 spiro atoms. The topological polar surface area (TPSA) is 217 Å². The Bertz CT molecular complexity index is 7080. The number of fused-ring (bicyclic) bond motifs is 8. The number of rotatable bonds is 27. The summed E-state index contributed by atoms with van der Waals surface area (Å²) in [4.78, 5) is 49.9. The number of carboxylic acid groups (broad SMARTS) is 3. The van der Waals surface area contributed by atoms with Crippen LogP contribution in [0.25, 0.3) is 107 Å². The predicted octanol–water partition coefficient (Wildman–Crippen LogP) is 26.7. The lowest BCUT2D eigenvalue weighted by atomic mass is 9.97. The number of carbonyl (C=O) groups excluding carboxylic acids is 1. The number of benzene rings is 14. The summed E-state index contributed by atoms with van der Waals surface area (Å²) in [7, 11) is -3.82. The van der Waals surface area contributed by atoms with Crippen molar-refractivity contribution in [3.05, 3.63) is 357 Å². The molecule has 0 aliphatic rings. The van der Waals surface area contributed by atoms with Crippen LogP contribution >= 0.6 is 45.6 Å². The number of amides is 1. The van der Waals surface area contributed by atoms with Crippen molar-refractivity contribution in [3.8, 4) is 45.3 Å². The van der Waals surface area contributed by atoms with E-state index in [1.165, 1.54) is 39.6 Å². The fourth-order valence-electron chi connectivity index (χ4n) is 15.6. The van der Waals surface area contributed by atoms with E-state index in [9.17, 15) is 42.9 Å². The first kappa shape index (κ1) is 86.8. The summed E-state index contributed by atoms with van der Waals surface area (Å²) in [6.07, 6.45) is 4.82. The van der Waals surface area contributed by atoms with Crippen molar-refractivity contribution in [1.29, 1.82) is 0 Å². The lowest BCUT2D eigenvalue weighted by Crippen LogP contribution is -2.43. The number of hydrogen-bond donors (Lipinski definition) is 4. The molecule has 15 nitrogen and oxygen atoms in total. The van der Waals surface area contributed by atoms with E-state index >= 15 is 0 Å². The van der Waals surface area contributed by atoms with Crippen molar-refractivity contribution in [3.63, 3.8) is 0 Å². The molecule has 4 N–H and O–H groups in total. The normalized spacial score (nSPS) is 11.4. The molecule has 0 saturated heterocycles. The molecular formula is C105H91ClN2O13S4. The third kappa shape index (κ3) is 20.1. The van der Waals surface area contributed by atoms with Crippen molar-refractivity contribution in [1.82, 2.24) is 9.29 Å². The van der Waals surface area contributed by atoms with Crippen LogP contribution in [-0.4, -0.2) is 83.3 Å². The molecule has 14 aromatic carbocycles. The van der Waals surface area contributed by atoms with Crippen LogP contribution in [0.1, 0.15) is 108 Å². The fourth-order valence-corrected chi connectivity index (χ4v) is 20.1. The molecule has 0 unspecified atom stereocenters. The van der Waals surface area contributed by atoms with Gasteiger partial charge in [0.15, 0.2) is 0 Å². The zero-order valence-electron chi connectivity index (χ0n) is 69.3. The summed E-state index contributed by atoms with van der Waals surface area (Å²) in [5.41, 5.74) is 9.45. The van der Waals surface area contributed by atoms with E-state index < -0.39 is 38.6 Å². The Morgan fingerprint density at radius 1 is 0.384 bits per heavy atom. The average Bonchev–Trinajstić information content (AvgIpc) is 1.19. The molecule has 20 heteroatoms. The highest BCUT2D eigenvalue weighted by Gasteiger charge is 2.33. The number of nitrogens with zero attached hydrogens (tertiary/aromatic N) is 1. The van der Waals surface area contributed by atoms with Gasteiger partial charge in [-0.15, -0.1) is 34.0 Å². The van der Waals surface area contributed by atoms with Gasteiger partial charge in [0.05, 0.1) is 31.2 Å². The third-order valence-corrected chi connectivity index (χ3v) is 27.9. The number of aryl methyl sites for hydroxylation is 5. The van der Waals surface area contributed by atoms with E-state index in [0.29, 0.717) is 84.0 Å². The second-order valence-electron chi connectivity index (χ2n) is 31.1. The molecule has 1 amide bonds. The molecule has 18 rings (SSSR count). The van der Waals surface area contributed by atoms with Crippen LogP contribution in [0.2, 0.25) is 5.02 Å². The summed E-state index contributed by atoms with van der Waals surface area (Å²) in [6.45, 7) is 9.32. The molecule has 0 radical (unpaired) electrons. The highest BCUT2D eigenvalue weighted by Crippen LogP contribution is 2.43. The van der Waals surface area contributed by atoms with Crippen molar-refractivity contribution in [2.24, 2.45) is 0 Å². The van der Waals surface area contributed by atoms with Gasteiger partial charge in [0, 0.05) is 58.1 Å². The van der Waals surface area contributed by atoms with Crippen molar-refractivity contribution >= 4 is 164 Å². The summed E-state index contributed by atoms with van der Waals surface area (Å²) in [6, 6.07) is 102. The minimum absolute atomic E-state index is 0.314. The Balaban J connectivity index is 0.000000129. The molecule has 0 bridgehead atoms. The Kier molecular flexibility index (Phi) is 27.5. The lowest BCUT2D eigenvalue weighted by molar-refractivity contribution is 0.0690. The minimum Gasteiger partial charge on any atom is -0.493 e. The van der Waals surface area contributed by atoms with Gasteiger partial charge in [0.2, 0.25) is 10.0 Å². The fraction of sp³-hybridized carbons (Fsp3) is 0.162. The first-order valence-electron chi connectivity index (χ1n) is 41.3. The number of ether oxygens (including phenoxy) is 4. The number of halogens is 1. The Labute approximate surface area is 742 Å². The third-order valence-electron chi connectivity index (χ3n) is 21.8. The second-order valence-corrected chi connectivity index (χ2v) is 37.1. The van der Waals surface area contributed by atoms with E-state index in [2.05, 4.69) is 96.6 Å². The molecule has 0 saturated carbocycles. The molecule has 0 fully saturated rings. The van der Waals surface area contributed by atoms with E-state index in [4.69, 9.17) is 30.5 Å². The Hall–Kier alpha value is -13.1. The molecule has 125 heavy (non-hydrogen) atoms. The van der Waals surface area contributed by atoms with Crippen LogP contribution < -0.4 is 23.7 Å². The number of aromatic nitrogens is 1. The van der Waals surface area contributed by atoms with Crippen LogP contribution in [-0.2, 0) is 35.8 Å². The van der Waals surface area contributed by atoms with Crippen LogP contribution in [0.15, 0.2) is 309 Å². The Morgan fingerprint density at radius 2 is 0.752 bits per heavy atom. The summed E-state index contributed by atoms with van der Waals surface area (Å²) >= 11 is 10.1. The Morgan fingerprint density at radius 3 is 1.22 bits per heavy atom. The number of nitrogens with one attached hydrogen (secondary N) is 1. The zero-order valence-corrected chi connectivity index (χ0v) is 73.3. The van der Waals surface area contributed by atoms with E-state index in [1.807, 2.05) is 217 Å². The summed E-state index contributed by atoms with van der Waals surface area (Å²) < 4.78 is 55.2.